The van der Waals surface area contributed by atoms with E-state index in [1.807, 2.05) is 20.8 Å². The van der Waals surface area contributed by atoms with Crippen LogP contribution in [0.2, 0.25) is 0 Å². The lowest BCUT2D eigenvalue weighted by atomic mass is 9.54. The van der Waals surface area contributed by atoms with Crippen LogP contribution < -0.4 is 5.73 Å². The Bertz CT molecular complexity index is 1270. The number of hydrogen-bond acceptors (Lipinski definition) is 9. The molecule has 0 heterocycles. The Hall–Kier alpha value is -3.21. The number of phenols is 1. The fourth-order valence-electron chi connectivity index (χ4n) is 6.22. The van der Waals surface area contributed by atoms with E-state index in [1.165, 1.54) is 19.0 Å². The molecule has 0 bridgehead atoms. The van der Waals surface area contributed by atoms with Crippen molar-refractivity contribution in [3.05, 3.63) is 45.7 Å². The number of likely N-dealkylation sites (N-methyl/N-ethyl adjacent to an activating group) is 1. The molecule has 1 aromatic rings. The zero-order valence-corrected chi connectivity index (χ0v) is 21.0. The van der Waals surface area contributed by atoms with Crippen LogP contribution in [-0.4, -0.2) is 79.7 Å². The molecule has 1 amide bonds. The minimum absolute atomic E-state index is 0.00147. The van der Waals surface area contributed by atoms with Crippen molar-refractivity contribution in [2.75, 3.05) is 14.1 Å². The zero-order chi connectivity index (χ0) is 27.2. The molecule has 4 rings (SSSR count). The number of nitrogens with two attached hydrogens (primary N) is 1. The molecule has 1 saturated carbocycles. The minimum atomic E-state index is -2.92. The summed E-state index contributed by atoms with van der Waals surface area (Å²) in [6.45, 7) is 7.30. The van der Waals surface area contributed by atoms with Gasteiger partial charge in [-0.05, 0) is 31.0 Å². The smallest absolute Gasteiger partial charge is 0.255 e. The SMILES string of the molecule is C[C@H]1c2ccc(C(C)(C)C)c(O)c2C(O)=C2C(=O)[C@]3(O)C(O)=C(C(N)=O)C(=O)[C@@H](N(C)C)[C@@H]3[C@@H](O)[C@@H]21. The molecule has 0 aliphatic heterocycles. The predicted octanol–water partition coefficient (Wildman–Crippen LogP) is 0.793. The number of fused-ring (bicyclic) bond motifs is 3. The summed E-state index contributed by atoms with van der Waals surface area (Å²) in [6.07, 6.45) is -1.61. The number of benzene rings is 1. The third kappa shape index (κ3) is 3.11. The number of primary amides is 1. The molecule has 0 saturated heterocycles. The van der Waals surface area contributed by atoms with Gasteiger partial charge in [0.05, 0.1) is 23.6 Å². The molecular weight excluding hydrogens is 468 g/mol. The largest absolute Gasteiger partial charge is 0.508 e. The monoisotopic (exact) mass is 500 g/mol. The van der Waals surface area contributed by atoms with E-state index in [1.54, 1.807) is 19.1 Å². The van der Waals surface area contributed by atoms with Gasteiger partial charge in [-0.15, -0.1) is 0 Å². The van der Waals surface area contributed by atoms with Crippen LogP contribution in [-0.2, 0) is 19.8 Å². The lowest BCUT2D eigenvalue weighted by molar-refractivity contribution is -0.169. The van der Waals surface area contributed by atoms with Crippen molar-refractivity contribution in [1.29, 1.82) is 0 Å². The van der Waals surface area contributed by atoms with Crippen molar-refractivity contribution in [3.63, 3.8) is 0 Å². The molecule has 10 nitrogen and oxygen atoms in total. The van der Waals surface area contributed by atoms with Crippen LogP contribution in [0.5, 0.6) is 5.75 Å². The summed E-state index contributed by atoms with van der Waals surface area (Å²) in [6, 6.07) is 2.06. The maximum atomic E-state index is 13.9. The number of nitrogens with zero attached hydrogens (tertiary/aromatic N) is 1. The fraction of sp³-hybridized carbons (Fsp3) is 0.500. The van der Waals surface area contributed by atoms with Gasteiger partial charge in [0.15, 0.2) is 11.4 Å². The molecule has 0 aromatic heterocycles. The van der Waals surface area contributed by atoms with Crippen molar-refractivity contribution in [1.82, 2.24) is 4.90 Å². The number of aliphatic hydroxyl groups excluding tert-OH is 3. The number of Topliss-reactive ketones (excluding diaryl/α,β-unsaturated/α-hetero) is 2. The molecule has 3 aliphatic carbocycles. The number of amides is 1. The molecular formula is C26H32N2O8. The van der Waals surface area contributed by atoms with Crippen molar-refractivity contribution >= 4 is 23.2 Å². The van der Waals surface area contributed by atoms with Crippen molar-refractivity contribution in [2.24, 2.45) is 17.6 Å². The number of aromatic hydroxyl groups is 1. The average Bonchev–Trinajstić information content (AvgIpc) is 2.75. The minimum Gasteiger partial charge on any atom is -0.508 e. The Kier molecular flexibility index (Phi) is 5.67. The summed E-state index contributed by atoms with van der Waals surface area (Å²) in [4.78, 5) is 40.5. The topological polar surface area (TPSA) is 182 Å². The van der Waals surface area contributed by atoms with Gasteiger partial charge in [-0.3, -0.25) is 19.3 Å². The van der Waals surface area contributed by atoms with E-state index in [4.69, 9.17) is 5.73 Å². The molecule has 36 heavy (non-hydrogen) atoms. The van der Waals surface area contributed by atoms with Gasteiger partial charge in [0, 0.05) is 17.1 Å². The van der Waals surface area contributed by atoms with Gasteiger partial charge in [-0.1, -0.05) is 39.8 Å². The Balaban J connectivity index is 2.07. The van der Waals surface area contributed by atoms with E-state index < -0.39 is 81.1 Å². The predicted molar refractivity (Wildman–Crippen MR) is 129 cm³/mol. The molecule has 10 heteroatoms. The van der Waals surface area contributed by atoms with Crippen LogP contribution in [0.15, 0.2) is 29.0 Å². The number of aliphatic hydroxyl groups is 4. The van der Waals surface area contributed by atoms with Crippen molar-refractivity contribution in [3.8, 4) is 5.75 Å². The van der Waals surface area contributed by atoms with Gasteiger partial charge in [0.25, 0.3) is 5.91 Å². The van der Waals surface area contributed by atoms with E-state index in [0.717, 1.165) is 0 Å². The second-order valence-corrected chi connectivity index (χ2v) is 11.2. The van der Waals surface area contributed by atoms with E-state index in [0.29, 0.717) is 11.1 Å². The van der Waals surface area contributed by atoms with Gasteiger partial charge in [-0.2, -0.15) is 0 Å². The molecule has 1 fully saturated rings. The Labute approximate surface area is 208 Å². The second kappa shape index (κ2) is 7.89. The van der Waals surface area contributed by atoms with Crippen LogP contribution in [0.4, 0.5) is 0 Å². The number of carbonyl (C=O) groups excluding carboxylic acids is 3. The molecule has 0 radical (unpaired) electrons. The quantitative estimate of drug-likeness (QED) is 0.320. The molecule has 3 aliphatic rings. The summed E-state index contributed by atoms with van der Waals surface area (Å²) >= 11 is 0. The first-order valence-corrected chi connectivity index (χ1v) is 11.7. The van der Waals surface area contributed by atoms with Crippen LogP contribution in [0.25, 0.3) is 5.76 Å². The maximum Gasteiger partial charge on any atom is 0.255 e. The van der Waals surface area contributed by atoms with E-state index in [2.05, 4.69) is 0 Å². The summed E-state index contributed by atoms with van der Waals surface area (Å²) < 4.78 is 0. The highest BCUT2D eigenvalue weighted by atomic mass is 16.4. The van der Waals surface area contributed by atoms with Gasteiger partial charge >= 0.3 is 0 Å². The highest BCUT2D eigenvalue weighted by Crippen LogP contribution is 2.56. The van der Waals surface area contributed by atoms with Crippen LogP contribution in [0.1, 0.15) is 50.3 Å². The number of ketones is 2. The molecule has 1 aromatic carbocycles. The Morgan fingerprint density at radius 3 is 2.19 bits per heavy atom. The van der Waals surface area contributed by atoms with Crippen molar-refractivity contribution < 1.29 is 39.9 Å². The standard InChI is InChI=1S/C26H32N2O8/c1-9-10-7-8-11(25(2,3)4)18(29)13(10)19(30)14-12(9)20(31)16-17(28(5)6)21(32)15(24(27)35)23(34)26(16,36)22(14)33/h7-9,12,16-17,20,29-31,34,36H,1-6H3,(H2,27,35)/t9-,12+,16+,17-,20-,26-/m0/s1. The van der Waals surface area contributed by atoms with Crippen LogP contribution in [0, 0.1) is 11.8 Å². The van der Waals surface area contributed by atoms with Gasteiger partial charge in [0.1, 0.15) is 22.8 Å². The molecule has 7 N–H and O–H groups in total. The van der Waals surface area contributed by atoms with Gasteiger partial charge < -0.3 is 31.3 Å². The highest BCUT2D eigenvalue weighted by Gasteiger charge is 2.68. The maximum absolute atomic E-state index is 13.9. The number of hydrogen-bond donors (Lipinski definition) is 6. The lowest BCUT2D eigenvalue weighted by Crippen LogP contribution is -2.70. The fourth-order valence-corrected chi connectivity index (χ4v) is 6.22. The van der Waals surface area contributed by atoms with E-state index >= 15 is 0 Å². The summed E-state index contributed by atoms with van der Waals surface area (Å²) in [5.41, 5.74) is 1.54. The average molecular weight is 501 g/mol. The zero-order valence-electron chi connectivity index (χ0n) is 21.0. The molecule has 6 atom stereocenters. The molecule has 194 valence electrons. The van der Waals surface area contributed by atoms with Gasteiger partial charge in [-0.25, -0.2) is 0 Å². The van der Waals surface area contributed by atoms with Gasteiger partial charge in [0.2, 0.25) is 5.78 Å². The van der Waals surface area contributed by atoms with Crippen LogP contribution >= 0.6 is 0 Å². The Morgan fingerprint density at radius 1 is 1.11 bits per heavy atom. The summed E-state index contributed by atoms with van der Waals surface area (Å²) in [5, 5.41) is 56.6. The normalized spacial score (nSPS) is 32.4. The first-order chi connectivity index (χ1) is 16.5. The van der Waals surface area contributed by atoms with Crippen molar-refractivity contribution in [2.45, 2.75) is 56.8 Å². The lowest BCUT2D eigenvalue weighted by Gasteiger charge is -2.53. The van der Waals surface area contributed by atoms with E-state index in [-0.39, 0.29) is 11.3 Å². The summed E-state index contributed by atoms with van der Waals surface area (Å²) in [5.74, 6) is -8.85. The number of carbonyl (C=O) groups is 3. The third-order valence-corrected chi connectivity index (χ3v) is 7.94. The third-order valence-electron chi connectivity index (χ3n) is 7.94. The number of rotatable bonds is 2. The molecule has 0 spiro atoms. The first-order valence-electron chi connectivity index (χ1n) is 11.7. The Morgan fingerprint density at radius 2 is 1.69 bits per heavy atom. The first kappa shape index (κ1) is 25.9. The number of phenolic OH excluding ortho intramolecular Hbond substituents is 1. The second-order valence-electron chi connectivity index (χ2n) is 11.2. The van der Waals surface area contributed by atoms with E-state index in [9.17, 15) is 39.9 Å². The van der Waals surface area contributed by atoms with Crippen LogP contribution in [0.3, 0.4) is 0 Å². The molecule has 0 unspecified atom stereocenters. The summed E-state index contributed by atoms with van der Waals surface area (Å²) in [7, 11) is 2.94. The highest BCUT2D eigenvalue weighted by molar-refractivity contribution is 6.24.